The normalized spacial score (nSPS) is 25.9. The van der Waals surface area contributed by atoms with E-state index in [-0.39, 0.29) is 23.7 Å². The van der Waals surface area contributed by atoms with Crippen LogP contribution in [0.5, 0.6) is 0 Å². The molecule has 96 valence electrons. The lowest BCUT2D eigenvalue weighted by atomic mass is 9.96. The average molecular weight is 239 g/mol. The number of carbonyl (C=O) groups excluding carboxylic acids is 2. The molecule has 1 saturated heterocycles. The number of methoxy groups -OCH3 is 1. The highest BCUT2D eigenvalue weighted by Gasteiger charge is 2.33. The Kier molecular flexibility index (Phi) is 4.02. The lowest BCUT2D eigenvalue weighted by Crippen LogP contribution is -2.44. The first-order valence-corrected chi connectivity index (χ1v) is 6.59. The van der Waals surface area contributed by atoms with Crippen molar-refractivity contribution in [3.05, 3.63) is 0 Å². The van der Waals surface area contributed by atoms with Crippen molar-refractivity contribution in [1.29, 1.82) is 0 Å². The lowest BCUT2D eigenvalue weighted by Gasteiger charge is -2.33. The van der Waals surface area contributed by atoms with Gasteiger partial charge in [0.25, 0.3) is 0 Å². The van der Waals surface area contributed by atoms with Crippen molar-refractivity contribution >= 4 is 11.9 Å². The molecule has 1 heterocycles. The standard InChI is InChI=1S/C13H21NO3/c1-17-13(16)11-7-4-8-14(9-11)12(15)10-5-2-3-6-10/h10-11H,2-9H2,1H3. The summed E-state index contributed by atoms with van der Waals surface area (Å²) in [5.41, 5.74) is 0. The van der Waals surface area contributed by atoms with Crippen LogP contribution in [0.3, 0.4) is 0 Å². The summed E-state index contributed by atoms with van der Waals surface area (Å²) in [6.45, 7) is 1.37. The fraction of sp³-hybridized carbons (Fsp3) is 0.846. The molecule has 1 amide bonds. The molecule has 0 aromatic rings. The molecule has 1 unspecified atom stereocenters. The van der Waals surface area contributed by atoms with E-state index in [9.17, 15) is 9.59 Å². The fourth-order valence-electron chi connectivity index (χ4n) is 2.97. The number of carbonyl (C=O) groups is 2. The Labute approximate surface area is 102 Å². The third kappa shape index (κ3) is 2.79. The number of piperidine rings is 1. The van der Waals surface area contributed by atoms with E-state index in [0.717, 1.165) is 32.2 Å². The van der Waals surface area contributed by atoms with Gasteiger partial charge in [0.15, 0.2) is 0 Å². The fourth-order valence-corrected chi connectivity index (χ4v) is 2.97. The molecular weight excluding hydrogens is 218 g/mol. The molecule has 4 nitrogen and oxygen atoms in total. The molecule has 4 heteroatoms. The molecule has 0 bridgehead atoms. The van der Waals surface area contributed by atoms with Gasteiger partial charge in [0.1, 0.15) is 0 Å². The van der Waals surface area contributed by atoms with Gasteiger partial charge in [-0.3, -0.25) is 9.59 Å². The molecule has 1 saturated carbocycles. The van der Waals surface area contributed by atoms with E-state index >= 15 is 0 Å². The number of nitrogens with zero attached hydrogens (tertiary/aromatic N) is 1. The van der Waals surface area contributed by atoms with E-state index in [1.165, 1.54) is 20.0 Å². The van der Waals surface area contributed by atoms with Gasteiger partial charge in [0.05, 0.1) is 13.0 Å². The molecule has 0 spiro atoms. The quantitative estimate of drug-likeness (QED) is 0.687. The number of likely N-dealkylation sites (tertiary alicyclic amines) is 1. The molecule has 0 aromatic heterocycles. The van der Waals surface area contributed by atoms with Crippen LogP contribution in [0.15, 0.2) is 0 Å². The molecule has 0 N–H and O–H groups in total. The number of rotatable bonds is 2. The Bertz CT molecular complexity index is 297. The highest BCUT2D eigenvalue weighted by atomic mass is 16.5. The second-order valence-corrected chi connectivity index (χ2v) is 5.13. The smallest absolute Gasteiger partial charge is 0.310 e. The Balaban J connectivity index is 1.92. The molecular formula is C13H21NO3. The monoisotopic (exact) mass is 239 g/mol. The van der Waals surface area contributed by atoms with Crippen molar-refractivity contribution in [3.63, 3.8) is 0 Å². The molecule has 0 aromatic carbocycles. The number of ether oxygens (including phenoxy) is 1. The first kappa shape index (κ1) is 12.4. The van der Waals surface area contributed by atoms with E-state index in [2.05, 4.69) is 0 Å². The second kappa shape index (κ2) is 5.52. The summed E-state index contributed by atoms with van der Waals surface area (Å²) in [5.74, 6) is 0.190. The average Bonchev–Trinajstić information content (AvgIpc) is 2.91. The van der Waals surface area contributed by atoms with Crippen LogP contribution < -0.4 is 0 Å². The van der Waals surface area contributed by atoms with Gasteiger partial charge < -0.3 is 9.64 Å². The summed E-state index contributed by atoms with van der Waals surface area (Å²) >= 11 is 0. The minimum Gasteiger partial charge on any atom is -0.469 e. The summed E-state index contributed by atoms with van der Waals surface area (Å²) in [7, 11) is 1.42. The molecule has 2 fully saturated rings. The van der Waals surface area contributed by atoms with Crippen molar-refractivity contribution in [2.45, 2.75) is 38.5 Å². The maximum atomic E-state index is 12.2. The van der Waals surface area contributed by atoms with Gasteiger partial charge in [0.2, 0.25) is 5.91 Å². The SMILES string of the molecule is COC(=O)C1CCCN(C(=O)C2CCCC2)C1. The van der Waals surface area contributed by atoms with E-state index in [0.29, 0.717) is 6.54 Å². The second-order valence-electron chi connectivity index (χ2n) is 5.13. The molecule has 1 aliphatic heterocycles. The highest BCUT2D eigenvalue weighted by molar-refractivity contribution is 5.80. The minimum atomic E-state index is -0.172. The molecule has 1 aliphatic carbocycles. The van der Waals surface area contributed by atoms with Gasteiger partial charge in [0, 0.05) is 19.0 Å². The van der Waals surface area contributed by atoms with Crippen LogP contribution in [-0.2, 0) is 14.3 Å². The van der Waals surface area contributed by atoms with Crippen LogP contribution in [0.4, 0.5) is 0 Å². The van der Waals surface area contributed by atoms with E-state index < -0.39 is 0 Å². The van der Waals surface area contributed by atoms with Gasteiger partial charge in [-0.25, -0.2) is 0 Å². The van der Waals surface area contributed by atoms with Crippen molar-refractivity contribution < 1.29 is 14.3 Å². The van der Waals surface area contributed by atoms with Crippen molar-refractivity contribution in [2.24, 2.45) is 11.8 Å². The third-order valence-corrected chi connectivity index (χ3v) is 3.97. The summed E-state index contributed by atoms with van der Waals surface area (Å²) in [6.07, 6.45) is 6.16. The van der Waals surface area contributed by atoms with Gasteiger partial charge in [-0.05, 0) is 25.7 Å². The number of hydrogen-bond donors (Lipinski definition) is 0. The van der Waals surface area contributed by atoms with Crippen LogP contribution in [0, 0.1) is 11.8 Å². The number of amides is 1. The first-order valence-electron chi connectivity index (χ1n) is 6.59. The Morgan fingerprint density at radius 2 is 1.71 bits per heavy atom. The molecule has 1 atom stereocenters. The lowest BCUT2D eigenvalue weighted by molar-refractivity contribution is -0.149. The number of esters is 1. The molecule has 17 heavy (non-hydrogen) atoms. The van der Waals surface area contributed by atoms with Gasteiger partial charge in [-0.1, -0.05) is 12.8 Å². The van der Waals surface area contributed by atoms with Crippen LogP contribution in [0.1, 0.15) is 38.5 Å². The topological polar surface area (TPSA) is 46.6 Å². The van der Waals surface area contributed by atoms with Gasteiger partial charge in [-0.2, -0.15) is 0 Å². The summed E-state index contributed by atoms with van der Waals surface area (Å²) in [4.78, 5) is 25.6. The Hall–Kier alpha value is -1.06. The third-order valence-electron chi connectivity index (χ3n) is 3.97. The van der Waals surface area contributed by atoms with Crippen molar-refractivity contribution in [2.75, 3.05) is 20.2 Å². The summed E-state index contributed by atoms with van der Waals surface area (Å²) in [5, 5.41) is 0. The zero-order chi connectivity index (χ0) is 12.3. The molecule has 2 rings (SSSR count). The van der Waals surface area contributed by atoms with Crippen LogP contribution in [0.25, 0.3) is 0 Å². The first-order chi connectivity index (χ1) is 8.22. The largest absolute Gasteiger partial charge is 0.469 e. The molecule has 2 aliphatic rings. The van der Waals surface area contributed by atoms with Crippen LogP contribution in [-0.4, -0.2) is 37.0 Å². The predicted octanol–water partition coefficient (Wildman–Crippen LogP) is 1.59. The number of hydrogen-bond acceptors (Lipinski definition) is 3. The van der Waals surface area contributed by atoms with Crippen LogP contribution in [0.2, 0.25) is 0 Å². The highest BCUT2D eigenvalue weighted by Crippen LogP contribution is 2.28. The molecule has 0 radical (unpaired) electrons. The van der Waals surface area contributed by atoms with Gasteiger partial charge >= 0.3 is 5.97 Å². The predicted molar refractivity (Wildman–Crippen MR) is 63.3 cm³/mol. The van der Waals surface area contributed by atoms with E-state index in [1.54, 1.807) is 0 Å². The summed E-state index contributed by atoms with van der Waals surface area (Å²) in [6, 6.07) is 0. The van der Waals surface area contributed by atoms with Crippen LogP contribution >= 0.6 is 0 Å². The maximum Gasteiger partial charge on any atom is 0.310 e. The zero-order valence-electron chi connectivity index (χ0n) is 10.5. The maximum absolute atomic E-state index is 12.2. The Morgan fingerprint density at radius 3 is 2.35 bits per heavy atom. The van der Waals surface area contributed by atoms with Gasteiger partial charge in [-0.15, -0.1) is 0 Å². The van der Waals surface area contributed by atoms with Crippen molar-refractivity contribution in [1.82, 2.24) is 4.90 Å². The summed E-state index contributed by atoms with van der Waals surface area (Å²) < 4.78 is 4.77. The minimum absolute atomic E-state index is 0.112. The zero-order valence-corrected chi connectivity index (χ0v) is 10.5. The Morgan fingerprint density at radius 1 is 1.06 bits per heavy atom. The van der Waals surface area contributed by atoms with E-state index in [4.69, 9.17) is 4.74 Å². The van der Waals surface area contributed by atoms with Crippen molar-refractivity contribution in [3.8, 4) is 0 Å². The van der Waals surface area contributed by atoms with E-state index in [1.807, 2.05) is 4.90 Å².